The van der Waals surface area contributed by atoms with Gasteiger partial charge in [-0.15, -0.1) is 23.4 Å². The van der Waals surface area contributed by atoms with E-state index in [0.29, 0.717) is 17.1 Å². The van der Waals surface area contributed by atoms with Gasteiger partial charge in [0.25, 0.3) is 0 Å². The van der Waals surface area contributed by atoms with Crippen LogP contribution in [0.1, 0.15) is 16.5 Å². The van der Waals surface area contributed by atoms with Gasteiger partial charge in [0.2, 0.25) is 0 Å². The van der Waals surface area contributed by atoms with Gasteiger partial charge in [-0.05, 0) is 24.0 Å². The predicted molar refractivity (Wildman–Crippen MR) is 85.4 cm³/mol. The van der Waals surface area contributed by atoms with Gasteiger partial charge >= 0.3 is 0 Å². The second-order valence-electron chi connectivity index (χ2n) is 4.33. The molecule has 0 saturated heterocycles. The highest BCUT2D eigenvalue weighted by Gasteiger charge is 2.21. The first-order valence-corrected chi connectivity index (χ1v) is 7.96. The Labute approximate surface area is 133 Å². The molecule has 0 N–H and O–H groups in total. The van der Waals surface area contributed by atoms with E-state index in [0.717, 1.165) is 10.5 Å². The molecule has 0 aliphatic heterocycles. The van der Waals surface area contributed by atoms with E-state index in [4.69, 9.17) is 21.1 Å². The molecule has 0 radical (unpaired) electrons. The van der Waals surface area contributed by atoms with E-state index in [2.05, 4.69) is 0 Å². The molecule has 2 aromatic carbocycles. The van der Waals surface area contributed by atoms with Crippen LogP contribution in [0.5, 0.6) is 11.5 Å². The number of thioether (sulfide) groups is 1. The van der Waals surface area contributed by atoms with Gasteiger partial charge in [0.15, 0.2) is 11.5 Å². The van der Waals surface area contributed by atoms with Gasteiger partial charge in [0.05, 0.1) is 19.6 Å². The van der Waals surface area contributed by atoms with Crippen LogP contribution in [0.15, 0.2) is 41.3 Å². The Morgan fingerprint density at radius 1 is 1.05 bits per heavy atom. The van der Waals surface area contributed by atoms with E-state index in [9.17, 15) is 4.39 Å². The molecular formula is C16H16ClFO2S. The quantitative estimate of drug-likeness (QED) is 0.575. The van der Waals surface area contributed by atoms with E-state index in [1.165, 1.54) is 20.3 Å². The number of hydrogen-bond acceptors (Lipinski definition) is 3. The molecule has 1 atom stereocenters. The maximum atomic E-state index is 14.3. The summed E-state index contributed by atoms with van der Waals surface area (Å²) in [6, 6.07) is 10.6. The Morgan fingerprint density at radius 3 is 2.29 bits per heavy atom. The second kappa shape index (κ2) is 7.05. The van der Waals surface area contributed by atoms with Gasteiger partial charge in [-0.3, -0.25) is 0 Å². The molecule has 0 amide bonds. The van der Waals surface area contributed by atoms with Gasteiger partial charge in [0, 0.05) is 16.5 Å². The van der Waals surface area contributed by atoms with E-state index in [-0.39, 0.29) is 0 Å². The van der Waals surface area contributed by atoms with Crippen LogP contribution < -0.4 is 9.47 Å². The Balaban J connectivity index is 2.50. The highest BCUT2D eigenvalue weighted by atomic mass is 35.5. The summed E-state index contributed by atoms with van der Waals surface area (Å²) < 4.78 is 24.6. The molecule has 0 saturated carbocycles. The zero-order valence-corrected chi connectivity index (χ0v) is 13.6. The number of rotatable bonds is 5. The predicted octanol–water partition coefficient (Wildman–Crippen LogP) is 4.89. The molecule has 0 spiro atoms. The molecule has 112 valence electrons. The maximum absolute atomic E-state index is 14.3. The smallest absolute Gasteiger partial charge is 0.163 e. The van der Waals surface area contributed by atoms with E-state index in [1.54, 1.807) is 17.8 Å². The Morgan fingerprint density at radius 2 is 1.67 bits per heavy atom. The van der Waals surface area contributed by atoms with Crippen LogP contribution in [0.3, 0.4) is 0 Å². The van der Waals surface area contributed by atoms with Crippen molar-refractivity contribution < 1.29 is 13.9 Å². The number of alkyl halides is 1. The van der Waals surface area contributed by atoms with Crippen LogP contribution in [0.25, 0.3) is 0 Å². The number of benzene rings is 2. The normalized spacial score (nSPS) is 12.0. The first kappa shape index (κ1) is 16.0. The summed E-state index contributed by atoms with van der Waals surface area (Å²) in [6.45, 7) is 0. The third-order valence-electron chi connectivity index (χ3n) is 3.19. The first-order valence-electron chi connectivity index (χ1n) is 6.30. The van der Waals surface area contributed by atoms with Crippen LogP contribution in [0.2, 0.25) is 0 Å². The maximum Gasteiger partial charge on any atom is 0.163 e. The molecule has 0 aliphatic rings. The fourth-order valence-corrected chi connectivity index (χ4v) is 3.17. The minimum absolute atomic E-state index is 0.348. The van der Waals surface area contributed by atoms with Gasteiger partial charge in [-0.1, -0.05) is 18.2 Å². The molecule has 0 aromatic heterocycles. The summed E-state index contributed by atoms with van der Waals surface area (Å²) >= 11 is 8.07. The minimum Gasteiger partial charge on any atom is -0.493 e. The van der Waals surface area contributed by atoms with Crippen LogP contribution in [0.4, 0.5) is 4.39 Å². The highest BCUT2D eigenvalue weighted by molar-refractivity contribution is 7.98. The summed E-state index contributed by atoms with van der Waals surface area (Å²) in [5, 5.41) is -0.589. The Bertz CT molecular complexity index is 634. The molecule has 1 unspecified atom stereocenters. The SMILES string of the molecule is COc1cc(F)c(C(Cl)c2ccccc2SC)cc1OC. The van der Waals surface area contributed by atoms with Crippen LogP contribution in [-0.4, -0.2) is 20.5 Å². The van der Waals surface area contributed by atoms with Crippen LogP contribution in [-0.2, 0) is 0 Å². The molecule has 0 heterocycles. The third kappa shape index (κ3) is 3.27. The summed E-state index contributed by atoms with van der Waals surface area (Å²) in [4.78, 5) is 1.02. The standard InChI is InChI=1S/C16H16ClFO2S/c1-19-13-8-11(12(18)9-14(13)20-2)16(17)10-6-4-5-7-15(10)21-3/h4-9,16H,1-3H3. The average Bonchev–Trinajstić information content (AvgIpc) is 2.53. The van der Waals surface area contributed by atoms with Crippen LogP contribution in [0, 0.1) is 5.82 Å². The molecule has 2 nitrogen and oxygen atoms in total. The van der Waals surface area contributed by atoms with Crippen molar-refractivity contribution in [2.45, 2.75) is 10.3 Å². The molecule has 0 fully saturated rings. The number of methoxy groups -OCH3 is 2. The zero-order valence-electron chi connectivity index (χ0n) is 12.0. The summed E-state index contributed by atoms with van der Waals surface area (Å²) in [5.41, 5.74) is 1.24. The molecular weight excluding hydrogens is 311 g/mol. The van der Waals surface area contributed by atoms with Crippen molar-refractivity contribution in [3.8, 4) is 11.5 Å². The van der Waals surface area contributed by atoms with E-state index < -0.39 is 11.2 Å². The van der Waals surface area contributed by atoms with Gasteiger partial charge in [-0.25, -0.2) is 4.39 Å². The van der Waals surface area contributed by atoms with Crippen molar-refractivity contribution in [1.82, 2.24) is 0 Å². The summed E-state index contributed by atoms with van der Waals surface area (Å²) in [7, 11) is 2.98. The van der Waals surface area contributed by atoms with Crippen molar-refractivity contribution in [2.24, 2.45) is 0 Å². The van der Waals surface area contributed by atoms with Gasteiger partial charge in [-0.2, -0.15) is 0 Å². The monoisotopic (exact) mass is 326 g/mol. The lowest BCUT2D eigenvalue weighted by molar-refractivity contribution is 0.351. The van der Waals surface area contributed by atoms with Crippen molar-refractivity contribution in [1.29, 1.82) is 0 Å². The molecule has 2 aromatic rings. The van der Waals surface area contributed by atoms with Crippen molar-refractivity contribution in [3.63, 3.8) is 0 Å². The Kier molecular flexibility index (Phi) is 5.37. The molecule has 0 bridgehead atoms. The van der Waals surface area contributed by atoms with Crippen molar-refractivity contribution >= 4 is 23.4 Å². The average molecular weight is 327 g/mol. The number of ether oxygens (including phenoxy) is 2. The summed E-state index contributed by atoms with van der Waals surface area (Å²) in [5.74, 6) is 0.394. The van der Waals surface area contributed by atoms with E-state index >= 15 is 0 Å². The van der Waals surface area contributed by atoms with Crippen molar-refractivity contribution in [2.75, 3.05) is 20.5 Å². The fourth-order valence-electron chi connectivity index (χ4n) is 2.11. The van der Waals surface area contributed by atoms with E-state index in [1.807, 2.05) is 30.5 Å². The third-order valence-corrected chi connectivity index (χ3v) is 4.47. The second-order valence-corrected chi connectivity index (χ2v) is 5.62. The van der Waals surface area contributed by atoms with Gasteiger partial charge < -0.3 is 9.47 Å². The molecule has 2 rings (SSSR count). The number of halogens is 2. The number of hydrogen-bond donors (Lipinski definition) is 0. The lowest BCUT2D eigenvalue weighted by Gasteiger charge is -2.17. The first-order chi connectivity index (χ1) is 10.1. The molecule has 21 heavy (non-hydrogen) atoms. The lowest BCUT2D eigenvalue weighted by atomic mass is 10.0. The Hall–Kier alpha value is -1.39. The fraction of sp³-hybridized carbons (Fsp3) is 0.250. The van der Waals surface area contributed by atoms with Crippen molar-refractivity contribution in [3.05, 3.63) is 53.3 Å². The van der Waals surface area contributed by atoms with Gasteiger partial charge in [0.1, 0.15) is 5.82 Å². The highest BCUT2D eigenvalue weighted by Crippen LogP contribution is 2.40. The topological polar surface area (TPSA) is 18.5 Å². The minimum atomic E-state index is -0.589. The molecule has 0 aliphatic carbocycles. The lowest BCUT2D eigenvalue weighted by Crippen LogP contribution is -2.01. The summed E-state index contributed by atoms with van der Waals surface area (Å²) in [6.07, 6.45) is 1.97. The largest absolute Gasteiger partial charge is 0.493 e. The molecule has 5 heteroatoms. The zero-order chi connectivity index (χ0) is 15.4. The van der Waals surface area contributed by atoms with Crippen LogP contribution >= 0.6 is 23.4 Å².